The quantitative estimate of drug-likeness (QED) is 0.465. The van der Waals surface area contributed by atoms with Crippen LogP contribution in [0, 0.1) is 17.5 Å². The van der Waals surface area contributed by atoms with Gasteiger partial charge in [-0.05, 0) is 24.0 Å². The lowest BCUT2D eigenvalue weighted by molar-refractivity contribution is -0.180. The minimum atomic E-state index is -3.63. The number of aryl methyl sites for hydroxylation is 2. The van der Waals surface area contributed by atoms with Crippen LogP contribution in [0.25, 0.3) is 0 Å². The number of alkyl halides is 2. The molecule has 0 aliphatic carbocycles. The summed E-state index contributed by atoms with van der Waals surface area (Å²) in [6.07, 6.45) is -2.34. The van der Waals surface area contributed by atoms with Gasteiger partial charge in [-0.3, -0.25) is 0 Å². The van der Waals surface area contributed by atoms with E-state index in [1.54, 1.807) is 12.1 Å². The van der Waals surface area contributed by atoms with E-state index in [4.69, 9.17) is 0 Å². The van der Waals surface area contributed by atoms with Gasteiger partial charge in [0.1, 0.15) is 5.75 Å². The predicted octanol–water partition coefficient (Wildman–Crippen LogP) is 5.66. The molecule has 1 nitrogen and oxygen atoms in total. The van der Waals surface area contributed by atoms with Gasteiger partial charge in [-0.2, -0.15) is 8.78 Å². The van der Waals surface area contributed by atoms with Crippen LogP contribution in [0.5, 0.6) is 5.75 Å². The number of ether oxygens (including phenoxy) is 1. The molecular formula is C18H17F5O. The molecule has 130 valence electrons. The number of halogens is 5. The lowest BCUT2D eigenvalue weighted by Gasteiger charge is -2.18. The molecule has 0 atom stereocenters. The van der Waals surface area contributed by atoms with E-state index in [-0.39, 0.29) is 6.42 Å². The molecule has 2 aromatic rings. The SMILES string of the molecule is CCCc1ccc(CCC(F)(F)Oc2cc(F)c(F)c(F)c2)cc1. The predicted molar refractivity (Wildman–Crippen MR) is 80.6 cm³/mol. The number of benzene rings is 2. The molecule has 0 aliphatic heterocycles. The van der Waals surface area contributed by atoms with E-state index in [0.717, 1.165) is 18.4 Å². The maximum atomic E-state index is 13.8. The molecule has 0 saturated heterocycles. The van der Waals surface area contributed by atoms with Crippen LogP contribution in [0.2, 0.25) is 0 Å². The Kier molecular flexibility index (Phi) is 5.80. The molecule has 0 fully saturated rings. The summed E-state index contributed by atoms with van der Waals surface area (Å²) in [5.74, 6) is -5.63. The lowest BCUT2D eigenvalue weighted by Crippen LogP contribution is -2.25. The zero-order valence-electron chi connectivity index (χ0n) is 13.1. The molecule has 2 rings (SSSR count). The van der Waals surface area contributed by atoms with Crippen LogP contribution < -0.4 is 4.74 Å². The lowest BCUT2D eigenvalue weighted by atomic mass is 10.0. The molecule has 0 aliphatic rings. The van der Waals surface area contributed by atoms with Crippen molar-refractivity contribution >= 4 is 0 Å². The van der Waals surface area contributed by atoms with Crippen molar-refractivity contribution in [3.8, 4) is 5.75 Å². The number of rotatable bonds is 7. The normalized spacial score (nSPS) is 11.6. The third-order valence-corrected chi connectivity index (χ3v) is 3.49. The first-order valence-electron chi connectivity index (χ1n) is 7.60. The highest BCUT2D eigenvalue weighted by Gasteiger charge is 2.32. The van der Waals surface area contributed by atoms with E-state index in [0.29, 0.717) is 17.7 Å². The van der Waals surface area contributed by atoms with Gasteiger partial charge in [-0.15, -0.1) is 0 Å². The Bertz CT molecular complexity index is 659. The van der Waals surface area contributed by atoms with Gasteiger partial charge in [0, 0.05) is 12.1 Å². The van der Waals surface area contributed by atoms with Gasteiger partial charge in [0.25, 0.3) is 0 Å². The van der Waals surface area contributed by atoms with E-state index < -0.39 is 35.7 Å². The van der Waals surface area contributed by atoms with E-state index >= 15 is 0 Å². The largest absolute Gasteiger partial charge is 0.432 e. The summed E-state index contributed by atoms with van der Waals surface area (Å²) in [6.45, 7) is 2.05. The van der Waals surface area contributed by atoms with Crippen molar-refractivity contribution in [2.45, 2.75) is 38.7 Å². The minimum Gasteiger partial charge on any atom is -0.432 e. The molecule has 0 spiro atoms. The average Bonchev–Trinajstić information content (AvgIpc) is 2.52. The second-order valence-corrected chi connectivity index (χ2v) is 5.51. The first-order valence-corrected chi connectivity index (χ1v) is 7.60. The summed E-state index contributed by atoms with van der Waals surface area (Å²) in [6, 6.07) is 8.07. The summed E-state index contributed by atoms with van der Waals surface area (Å²) >= 11 is 0. The van der Waals surface area contributed by atoms with Crippen LogP contribution in [0.3, 0.4) is 0 Å². The van der Waals surface area contributed by atoms with Crippen molar-refractivity contribution < 1.29 is 26.7 Å². The second kappa shape index (κ2) is 7.64. The van der Waals surface area contributed by atoms with Crippen LogP contribution in [0.1, 0.15) is 30.9 Å². The highest BCUT2D eigenvalue weighted by Crippen LogP contribution is 2.28. The highest BCUT2D eigenvalue weighted by molar-refractivity contribution is 5.26. The molecule has 0 amide bonds. The molecule has 0 unspecified atom stereocenters. The van der Waals surface area contributed by atoms with Crippen molar-refractivity contribution in [3.05, 3.63) is 65.0 Å². The maximum Gasteiger partial charge on any atom is 0.398 e. The van der Waals surface area contributed by atoms with Crippen molar-refractivity contribution in [3.63, 3.8) is 0 Å². The maximum absolute atomic E-state index is 13.8. The van der Waals surface area contributed by atoms with Crippen LogP contribution in [-0.4, -0.2) is 6.11 Å². The first-order chi connectivity index (χ1) is 11.3. The molecular weight excluding hydrogens is 327 g/mol. The molecule has 2 aromatic carbocycles. The second-order valence-electron chi connectivity index (χ2n) is 5.51. The third kappa shape index (κ3) is 4.94. The molecule has 0 bridgehead atoms. The Balaban J connectivity index is 1.98. The first kappa shape index (κ1) is 18.2. The smallest absolute Gasteiger partial charge is 0.398 e. The summed E-state index contributed by atoms with van der Waals surface area (Å²) in [5.41, 5.74) is 1.83. The van der Waals surface area contributed by atoms with E-state index in [9.17, 15) is 22.0 Å². The van der Waals surface area contributed by atoms with Gasteiger partial charge < -0.3 is 4.74 Å². The van der Waals surface area contributed by atoms with Gasteiger partial charge in [-0.1, -0.05) is 37.6 Å². The Morgan fingerprint density at radius 1 is 0.875 bits per heavy atom. The highest BCUT2D eigenvalue weighted by atomic mass is 19.3. The van der Waals surface area contributed by atoms with Crippen molar-refractivity contribution in [1.29, 1.82) is 0 Å². The summed E-state index contributed by atoms with van der Waals surface area (Å²) < 4.78 is 70.8. The molecule has 24 heavy (non-hydrogen) atoms. The zero-order chi connectivity index (χ0) is 17.7. The Hall–Kier alpha value is -2.11. The van der Waals surface area contributed by atoms with Gasteiger partial charge in [0.15, 0.2) is 17.5 Å². The molecule has 0 N–H and O–H groups in total. The monoisotopic (exact) mass is 344 g/mol. The minimum absolute atomic E-state index is 0.0333. The third-order valence-electron chi connectivity index (χ3n) is 3.49. The number of hydrogen-bond donors (Lipinski definition) is 0. The van der Waals surface area contributed by atoms with Gasteiger partial charge >= 0.3 is 6.11 Å². The zero-order valence-corrected chi connectivity index (χ0v) is 13.1. The standard InChI is InChI=1S/C18H17F5O/c1-2-3-12-4-6-13(7-5-12)8-9-18(22,23)24-14-10-15(19)17(21)16(20)11-14/h4-7,10-11H,2-3,8-9H2,1H3. The fourth-order valence-corrected chi connectivity index (χ4v) is 2.27. The summed E-state index contributed by atoms with van der Waals surface area (Å²) in [7, 11) is 0. The van der Waals surface area contributed by atoms with Gasteiger partial charge in [0.2, 0.25) is 0 Å². The fraction of sp³-hybridized carbons (Fsp3) is 0.333. The van der Waals surface area contributed by atoms with Crippen LogP contribution in [-0.2, 0) is 12.8 Å². The van der Waals surface area contributed by atoms with Crippen molar-refractivity contribution in [2.24, 2.45) is 0 Å². The molecule has 6 heteroatoms. The Morgan fingerprint density at radius 2 is 1.38 bits per heavy atom. The molecule has 0 heterocycles. The van der Waals surface area contributed by atoms with Crippen LogP contribution in [0.15, 0.2) is 36.4 Å². The summed E-state index contributed by atoms with van der Waals surface area (Å²) in [5, 5.41) is 0. The fourth-order valence-electron chi connectivity index (χ4n) is 2.27. The molecule has 0 saturated carbocycles. The van der Waals surface area contributed by atoms with Crippen molar-refractivity contribution in [1.82, 2.24) is 0 Å². The van der Waals surface area contributed by atoms with Gasteiger partial charge in [-0.25, -0.2) is 13.2 Å². The number of hydrogen-bond acceptors (Lipinski definition) is 1. The Labute approximate surface area is 137 Å². The molecule has 0 radical (unpaired) electrons. The van der Waals surface area contributed by atoms with E-state index in [1.807, 2.05) is 19.1 Å². The average molecular weight is 344 g/mol. The topological polar surface area (TPSA) is 9.23 Å². The van der Waals surface area contributed by atoms with Crippen LogP contribution in [0.4, 0.5) is 22.0 Å². The van der Waals surface area contributed by atoms with E-state index in [2.05, 4.69) is 4.74 Å². The van der Waals surface area contributed by atoms with Gasteiger partial charge in [0.05, 0.1) is 6.42 Å². The van der Waals surface area contributed by atoms with Crippen LogP contribution >= 0.6 is 0 Å². The molecule has 0 aromatic heterocycles. The Morgan fingerprint density at radius 3 is 1.88 bits per heavy atom. The van der Waals surface area contributed by atoms with Crippen molar-refractivity contribution in [2.75, 3.05) is 0 Å². The summed E-state index contributed by atoms with van der Waals surface area (Å²) in [4.78, 5) is 0. The van der Waals surface area contributed by atoms with E-state index in [1.165, 1.54) is 0 Å².